The molecule has 260 valence electrons. The number of H-pyrrole nitrogens is 1. The van der Waals surface area contributed by atoms with Crippen LogP contribution < -0.4 is 10.2 Å². The quantitative estimate of drug-likeness (QED) is 0.102. The average Bonchev–Trinajstić information content (AvgIpc) is 3.83. The van der Waals surface area contributed by atoms with Gasteiger partial charge in [-0.3, -0.25) is 14.3 Å². The van der Waals surface area contributed by atoms with Crippen LogP contribution >= 0.6 is 15.9 Å². The first-order valence-electron chi connectivity index (χ1n) is 16.9. The molecule has 0 aliphatic carbocycles. The number of nitrogens with one attached hydrogen (secondary N) is 2. The highest BCUT2D eigenvalue weighted by Crippen LogP contribution is 2.60. The van der Waals surface area contributed by atoms with E-state index in [9.17, 15) is 14.7 Å². The van der Waals surface area contributed by atoms with Crippen LogP contribution in [0.2, 0.25) is 18.6 Å². The largest absolute Gasteiger partial charge is 0.396 e. The van der Waals surface area contributed by atoms with E-state index in [2.05, 4.69) is 36.5 Å². The van der Waals surface area contributed by atoms with Gasteiger partial charge in [0.05, 0.1) is 30.5 Å². The minimum Gasteiger partial charge on any atom is -0.396 e. The van der Waals surface area contributed by atoms with Gasteiger partial charge in [0.15, 0.2) is 5.60 Å². The second kappa shape index (κ2) is 13.5. The van der Waals surface area contributed by atoms with Crippen molar-refractivity contribution in [3.63, 3.8) is 0 Å². The summed E-state index contributed by atoms with van der Waals surface area (Å²) in [7, 11) is -3.33. The molecule has 1 fully saturated rings. The summed E-state index contributed by atoms with van der Waals surface area (Å²) in [6, 6.07) is 21.1. The van der Waals surface area contributed by atoms with E-state index in [-0.39, 0.29) is 31.4 Å². The van der Waals surface area contributed by atoms with Crippen molar-refractivity contribution in [3.05, 3.63) is 106 Å². The number of aryl methyl sites for hydroxylation is 1. The maximum atomic E-state index is 16.2. The van der Waals surface area contributed by atoms with Gasteiger partial charge in [0.25, 0.3) is 5.91 Å². The van der Waals surface area contributed by atoms with Gasteiger partial charge >= 0.3 is 0 Å². The summed E-state index contributed by atoms with van der Waals surface area (Å²) < 4.78 is 25.6. The van der Waals surface area contributed by atoms with Crippen LogP contribution in [0.5, 0.6) is 0 Å². The van der Waals surface area contributed by atoms with Crippen molar-refractivity contribution < 1.29 is 23.5 Å². The number of aromatic nitrogens is 4. The summed E-state index contributed by atoms with van der Waals surface area (Å²) in [5.74, 6) is -0.741. The van der Waals surface area contributed by atoms with Gasteiger partial charge in [0.1, 0.15) is 0 Å². The van der Waals surface area contributed by atoms with Crippen molar-refractivity contribution in [1.29, 1.82) is 0 Å². The Morgan fingerprint density at radius 2 is 1.94 bits per heavy atom. The number of carbonyl (C=O) groups excluding carboxylic acids is 2. The number of para-hydroxylation sites is 1. The predicted molar refractivity (Wildman–Crippen MR) is 196 cm³/mol. The zero-order valence-electron chi connectivity index (χ0n) is 28.2. The molecule has 2 amide bonds. The number of aromatic amines is 1. The van der Waals surface area contributed by atoms with E-state index in [0.717, 1.165) is 37.8 Å². The molecule has 0 bridgehead atoms. The van der Waals surface area contributed by atoms with Crippen molar-refractivity contribution in [2.75, 3.05) is 16.8 Å². The van der Waals surface area contributed by atoms with Crippen molar-refractivity contribution in [2.24, 2.45) is 5.92 Å². The number of aliphatic hydroxyl groups is 1. The maximum Gasteiger partial charge on any atom is 0.264 e. The van der Waals surface area contributed by atoms with Crippen LogP contribution in [0.4, 0.5) is 15.5 Å². The molecule has 0 unspecified atom stereocenters. The number of halogens is 2. The number of hydrogen-bond acceptors (Lipinski definition) is 6. The smallest absolute Gasteiger partial charge is 0.264 e. The lowest BCUT2D eigenvalue weighted by molar-refractivity contribution is -0.146. The minimum atomic E-state index is -3.33. The fourth-order valence-electron chi connectivity index (χ4n) is 7.91. The first-order chi connectivity index (χ1) is 24.0. The number of nitrogens with zero attached hydrogens (tertiary/aromatic N) is 4. The van der Waals surface area contributed by atoms with E-state index >= 15 is 4.11 Å². The molecule has 50 heavy (non-hydrogen) atoms. The van der Waals surface area contributed by atoms with Gasteiger partial charge in [-0.05, 0) is 67.0 Å². The highest BCUT2D eigenvalue weighted by molar-refractivity contribution is 9.10. The van der Waals surface area contributed by atoms with E-state index in [1.54, 1.807) is 28.9 Å². The van der Waals surface area contributed by atoms with Crippen LogP contribution in [0.1, 0.15) is 35.7 Å². The molecular weight excluding hydrogens is 719 g/mol. The van der Waals surface area contributed by atoms with Gasteiger partial charge in [-0.2, -0.15) is 0 Å². The van der Waals surface area contributed by atoms with E-state index in [4.69, 9.17) is 4.74 Å². The van der Waals surface area contributed by atoms with E-state index in [0.29, 0.717) is 30.8 Å². The van der Waals surface area contributed by atoms with Crippen molar-refractivity contribution in [3.8, 4) is 0 Å². The Kier molecular flexibility index (Phi) is 9.26. The lowest BCUT2D eigenvalue weighted by Crippen LogP contribution is -2.45. The highest BCUT2D eigenvalue weighted by Gasteiger charge is 2.66. The summed E-state index contributed by atoms with van der Waals surface area (Å²) >= 11 is 3.60. The molecule has 7 rings (SSSR count). The highest BCUT2D eigenvalue weighted by atomic mass is 79.9. The van der Waals surface area contributed by atoms with Crippen LogP contribution in [-0.4, -0.2) is 58.0 Å². The topological polar surface area (TPSA) is 125 Å². The van der Waals surface area contributed by atoms with Gasteiger partial charge in [-0.25, -0.2) is 0 Å². The zero-order chi connectivity index (χ0) is 35.2. The van der Waals surface area contributed by atoms with E-state index < -0.39 is 31.6 Å². The standard InChI is InChI=1S/C37H40BrFN6O4Si/c1-23-35(50(2,3)39)33(14-16-44-22-28(15-17-46)42-43-44)49-37(23)30-19-26(38)10-13-32(30)45(36(37)48)21-24-8-11-27(12-9-24)41-34(47)18-25-20-40-31-7-5-4-6-29(25)31/h4-13,19-20,22-23,33,35,40,46H,14-18,21H2,1-3H3,(H,41,47)/t23-,33+,35-,37+/m0/s1. The van der Waals surface area contributed by atoms with Crippen LogP contribution in [-0.2, 0) is 45.9 Å². The third-order valence-electron chi connectivity index (χ3n) is 10.1. The molecule has 2 aliphatic heterocycles. The molecule has 3 aromatic carbocycles. The normalized spacial score (nSPS) is 21.8. The monoisotopic (exact) mass is 758 g/mol. The molecule has 1 spiro atoms. The van der Waals surface area contributed by atoms with Crippen LogP contribution in [0.3, 0.4) is 0 Å². The molecule has 10 nitrogen and oxygen atoms in total. The van der Waals surface area contributed by atoms with Crippen LogP contribution in [0.25, 0.3) is 10.9 Å². The third-order valence-corrected chi connectivity index (χ3v) is 13.1. The number of aliphatic hydroxyl groups excluding tert-OH is 1. The summed E-state index contributed by atoms with van der Waals surface area (Å²) in [6.07, 6.45) is 4.25. The van der Waals surface area contributed by atoms with Gasteiger partial charge in [-0.1, -0.05) is 58.4 Å². The van der Waals surface area contributed by atoms with E-state index in [1.807, 2.05) is 79.9 Å². The fourth-order valence-corrected chi connectivity index (χ4v) is 10.8. The van der Waals surface area contributed by atoms with Gasteiger partial charge < -0.3 is 29.2 Å². The molecule has 1 saturated heterocycles. The molecule has 0 saturated carbocycles. The third kappa shape index (κ3) is 6.31. The van der Waals surface area contributed by atoms with Crippen molar-refractivity contribution in [2.45, 2.75) is 69.6 Å². The molecule has 2 aliphatic rings. The Labute approximate surface area is 299 Å². The molecule has 4 atom stereocenters. The second-order valence-corrected chi connectivity index (χ2v) is 18.6. The first-order valence-corrected chi connectivity index (χ1v) is 20.6. The zero-order valence-corrected chi connectivity index (χ0v) is 30.8. The predicted octanol–water partition coefficient (Wildman–Crippen LogP) is 6.65. The summed E-state index contributed by atoms with van der Waals surface area (Å²) in [5, 5.41) is 21.6. The second-order valence-electron chi connectivity index (χ2n) is 13.8. The molecule has 2 aromatic heterocycles. The van der Waals surface area contributed by atoms with Crippen LogP contribution in [0.15, 0.2) is 83.6 Å². The van der Waals surface area contributed by atoms with Crippen molar-refractivity contribution in [1.82, 2.24) is 20.0 Å². The fraction of sp³-hybridized carbons (Fsp3) is 0.351. The molecule has 5 aromatic rings. The number of rotatable bonds is 11. The average molecular weight is 760 g/mol. The lowest BCUT2D eigenvalue weighted by Gasteiger charge is -2.31. The number of ether oxygens (including phenoxy) is 1. The number of anilines is 2. The Morgan fingerprint density at radius 3 is 2.70 bits per heavy atom. The number of hydrogen-bond donors (Lipinski definition) is 3. The first kappa shape index (κ1) is 34.3. The number of carbonyl (C=O) groups is 2. The Morgan fingerprint density at radius 1 is 1.16 bits per heavy atom. The van der Waals surface area contributed by atoms with Gasteiger partial charge in [-0.15, -0.1) is 5.10 Å². The summed E-state index contributed by atoms with van der Waals surface area (Å²) in [4.78, 5) is 32.6. The Balaban J connectivity index is 1.10. The SMILES string of the molecule is C[C@H]1[C@H]([Si](C)(C)F)[C@@H](CCn2cc(CCO)nn2)O[C@]12C(=O)N(Cc1ccc(NC(=O)Cc3c[nH]c4ccccc34)cc1)c1ccc(Br)cc12. The number of benzene rings is 3. The lowest BCUT2D eigenvalue weighted by atomic mass is 9.82. The molecule has 13 heteroatoms. The van der Waals surface area contributed by atoms with Crippen molar-refractivity contribution >= 4 is 58.4 Å². The Hall–Kier alpha value is -4.17. The molecular formula is C37H40BrFN6O4Si. The van der Waals surface area contributed by atoms with Gasteiger partial charge in [0, 0.05) is 70.1 Å². The van der Waals surface area contributed by atoms with Crippen LogP contribution in [0, 0.1) is 5.92 Å². The summed E-state index contributed by atoms with van der Waals surface area (Å²) in [5.41, 5.74) is 3.84. The Bertz CT molecular complexity index is 2050. The maximum absolute atomic E-state index is 16.2. The summed E-state index contributed by atoms with van der Waals surface area (Å²) in [6.45, 7) is 6.05. The minimum absolute atomic E-state index is 0.0189. The molecule has 0 radical (unpaired) electrons. The molecule has 3 N–H and O–H groups in total. The number of fused-ring (bicyclic) bond motifs is 3. The van der Waals surface area contributed by atoms with E-state index in [1.165, 1.54) is 0 Å². The van der Waals surface area contributed by atoms with Gasteiger partial charge in [0.2, 0.25) is 14.3 Å². The number of amides is 2. The molecule has 4 heterocycles.